The zero-order chi connectivity index (χ0) is 21.6. The molecule has 1 aliphatic rings. The van der Waals surface area contributed by atoms with Gasteiger partial charge in [0.05, 0.1) is 0 Å². The Balaban J connectivity index is 1.48. The third kappa shape index (κ3) is 6.19. The van der Waals surface area contributed by atoms with Crippen LogP contribution in [-0.4, -0.2) is 27.4 Å². The first-order valence-corrected chi connectivity index (χ1v) is 11.3. The van der Waals surface area contributed by atoms with Crippen molar-refractivity contribution in [1.29, 1.82) is 0 Å². The maximum Gasteiger partial charge on any atom is 0.248 e. The highest BCUT2D eigenvalue weighted by Gasteiger charge is 2.32. The average Bonchev–Trinajstić information content (AvgIpc) is 2.75. The lowest BCUT2D eigenvalue weighted by Crippen LogP contribution is -2.20. The normalized spacial score (nSPS) is 15.0. The molecule has 30 heavy (non-hydrogen) atoms. The van der Waals surface area contributed by atoms with E-state index in [1.54, 1.807) is 12.4 Å². The Morgan fingerprint density at radius 2 is 1.90 bits per heavy atom. The number of pyridine rings is 1. The van der Waals surface area contributed by atoms with Crippen LogP contribution in [0.3, 0.4) is 0 Å². The second-order valence-electron chi connectivity index (χ2n) is 8.74. The second-order valence-corrected chi connectivity index (χ2v) is 8.74. The quantitative estimate of drug-likeness (QED) is 0.463. The van der Waals surface area contributed by atoms with Crippen LogP contribution in [0.4, 0.5) is 14.6 Å². The van der Waals surface area contributed by atoms with Gasteiger partial charge in [0.25, 0.3) is 0 Å². The van der Waals surface area contributed by atoms with Gasteiger partial charge in [0.1, 0.15) is 11.6 Å². The van der Waals surface area contributed by atoms with Gasteiger partial charge in [-0.1, -0.05) is 26.8 Å². The van der Waals surface area contributed by atoms with Crippen molar-refractivity contribution >= 4 is 5.82 Å². The first-order chi connectivity index (χ1) is 14.4. The highest BCUT2D eigenvalue weighted by atomic mass is 19.3. The zero-order valence-corrected chi connectivity index (χ0v) is 18.4. The van der Waals surface area contributed by atoms with Gasteiger partial charge < -0.3 is 5.32 Å². The minimum Gasteiger partial charge on any atom is -0.370 e. The fourth-order valence-corrected chi connectivity index (χ4v) is 4.02. The Morgan fingerprint density at radius 3 is 2.60 bits per heavy atom. The van der Waals surface area contributed by atoms with E-state index < -0.39 is 5.92 Å². The maximum absolute atomic E-state index is 14.6. The molecule has 0 saturated carbocycles. The molecule has 164 valence electrons. The van der Waals surface area contributed by atoms with Crippen molar-refractivity contribution in [2.75, 3.05) is 11.9 Å². The molecule has 4 nitrogen and oxygen atoms in total. The molecule has 0 fully saturated rings. The molecule has 0 saturated heterocycles. The van der Waals surface area contributed by atoms with E-state index in [9.17, 15) is 8.78 Å². The first kappa shape index (κ1) is 22.6. The molecular weight excluding hydrogens is 382 g/mol. The predicted octanol–water partition coefficient (Wildman–Crippen LogP) is 6.29. The molecular formula is C24H34F2N4. The highest BCUT2D eigenvalue weighted by molar-refractivity contribution is 5.46. The monoisotopic (exact) mass is 416 g/mol. The summed E-state index contributed by atoms with van der Waals surface area (Å²) in [5.74, 6) is -0.926. The van der Waals surface area contributed by atoms with Crippen LogP contribution in [-0.2, 0) is 12.8 Å². The molecule has 2 aromatic rings. The maximum atomic E-state index is 14.6. The van der Waals surface area contributed by atoms with Gasteiger partial charge in [0.15, 0.2) is 0 Å². The Kier molecular flexibility index (Phi) is 7.73. The number of aryl methyl sites for hydroxylation is 2. The third-order valence-electron chi connectivity index (χ3n) is 5.89. The second kappa shape index (κ2) is 10.3. The predicted molar refractivity (Wildman–Crippen MR) is 117 cm³/mol. The molecule has 0 aliphatic carbocycles. The van der Waals surface area contributed by atoms with Crippen LogP contribution in [0, 0.1) is 0 Å². The largest absolute Gasteiger partial charge is 0.370 e. The van der Waals surface area contributed by atoms with Crippen molar-refractivity contribution in [1.82, 2.24) is 15.0 Å². The van der Waals surface area contributed by atoms with E-state index in [0.717, 1.165) is 55.1 Å². The number of anilines is 1. The van der Waals surface area contributed by atoms with Gasteiger partial charge in [-0.2, -0.15) is 0 Å². The highest BCUT2D eigenvalue weighted by Crippen LogP contribution is 2.35. The molecule has 3 heterocycles. The van der Waals surface area contributed by atoms with Gasteiger partial charge in [-0.25, -0.2) is 23.7 Å². The van der Waals surface area contributed by atoms with Gasteiger partial charge in [-0.15, -0.1) is 0 Å². The summed E-state index contributed by atoms with van der Waals surface area (Å²) >= 11 is 0. The minimum absolute atomic E-state index is 0.0857. The van der Waals surface area contributed by atoms with Crippen molar-refractivity contribution in [3.8, 4) is 0 Å². The average molecular weight is 417 g/mol. The lowest BCUT2D eigenvalue weighted by atomic mass is 9.90. The molecule has 1 aliphatic heterocycles. The molecule has 2 aromatic heterocycles. The van der Waals surface area contributed by atoms with Gasteiger partial charge >= 0.3 is 0 Å². The summed E-state index contributed by atoms with van der Waals surface area (Å²) in [6.07, 6.45) is 8.04. The first-order valence-electron chi connectivity index (χ1n) is 11.3. The standard InChI is InChI=1S/C24H34F2N4/c1-4-18(20-15-28-22(17(2)3)29-16-20)14-24(25,26)12-6-5-9-21-11-10-19-8-7-13-27-23(19)30-21/h10-11,15-18H,4-9,12-14H2,1-3H3,(H,27,30)/t18-/m1/s1. The van der Waals surface area contributed by atoms with Crippen LogP contribution in [0.1, 0.15) is 93.8 Å². The van der Waals surface area contributed by atoms with Gasteiger partial charge in [0.2, 0.25) is 5.92 Å². The number of halogens is 2. The number of fused-ring (bicyclic) bond motifs is 1. The molecule has 3 rings (SSSR count). The minimum atomic E-state index is -2.68. The molecule has 0 radical (unpaired) electrons. The van der Waals surface area contributed by atoms with Crippen molar-refractivity contribution in [2.24, 2.45) is 0 Å². The Hall–Kier alpha value is -2.11. The summed E-state index contributed by atoms with van der Waals surface area (Å²) in [6.45, 7) is 6.96. The zero-order valence-electron chi connectivity index (χ0n) is 18.4. The number of nitrogens with zero attached hydrogens (tertiary/aromatic N) is 3. The number of unbranched alkanes of at least 4 members (excludes halogenated alkanes) is 1. The Morgan fingerprint density at radius 1 is 1.13 bits per heavy atom. The summed E-state index contributed by atoms with van der Waals surface area (Å²) < 4.78 is 29.3. The summed E-state index contributed by atoms with van der Waals surface area (Å²) in [7, 11) is 0. The number of nitrogens with one attached hydrogen (secondary N) is 1. The van der Waals surface area contributed by atoms with E-state index in [1.807, 2.05) is 26.8 Å². The van der Waals surface area contributed by atoms with Crippen molar-refractivity contribution in [3.05, 3.63) is 47.2 Å². The van der Waals surface area contributed by atoms with Gasteiger partial charge in [0, 0.05) is 43.4 Å². The smallest absolute Gasteiger partial charge is 0.248 e. The van der Waals surface area contributed by atoms with Crippen LogP contribution in [0.5, 0.6) is 0 Å². The summed E-state index contributed by atoms with van der Waals surface area (Å²) in [4.78, 5) is 13.4. The molecule has 1 N–H and O–H groups in total. The number of hydrogen-bond donors (Lipinski definition) is 1. The van der Waals surface area contributed by atoms with E-state index in [1.165, 1.54) is 5.56 Å². The van der Waals surface area contributed by atoms with E-state index in [2.05, 4.69) is 26.3 Å². The lowest BCUT2D eigenvalue weighted by Gasteiger charge is -2.23. The summed E-state index contributed by atoms with van der Waals surface area (Å²) in [5.41, 5.74) is 3.06. The number of rotatable bonds is 10. The number of hydrogen-bond acceptors (Lipinski definition) is 4. The fourth-order valence-electron chi connectivity index (χ4n) is 4.02. The molecule has 6 heteroatoms. The van der Waals surface area contributed by atoms with Crippen molar-refractivity contribution in [2.45, 2.75) is 89.9 Å². The van der Waals surface area contributed by atoms with E-state index >= 15 is 0 Å². The van der Waals surface area contributed by atoms with Crippen molar-refractivity contribution < 1.29 is 8.78 Å². The van der Waals surface area contributed by atoms with Gasteiger partial charge in [-0.05, 0) is 61.6 Å². The Bertz CT molecular complexity index is 805. The van der Waals surface area contributed by atoms with Crippen LogP contribution in [0.2, 0.25) is 0 Å². The number of aromatic nitrogens is 3. The van der Waals surface area contributed by atoms with Crippen LogP contribution in [0.15, 0.2) is 24.5 Å². The van der Waals surface area contributed by atoms with Crippen molar-refractivity contribution in [3.63, 3.8) is 0 Å². The van der Waals surface area contributed by atoms with Crippen LogP contribution < -0.4 is 5.32 Å². The SMILES string of the molecule is CC[C@H](CC(F)(F)CCCCc1ccc2c(n1)NCCC2)c1cnc(C(C)C)nc1. The number of alkyl halides is 2. The lowest BCUT2D eigenvalue weighted by molar-refractivity contribution is -0.0251. The van der Waals surface area contributed by atoms with Crippen LogP contribution >= 0.6 is 0 Å². The molecule has 0 aromatic carbocycles. The summed E-state index contributed by atoms with van der Waals surface area (Å²) in [5, 5.41) is 3.33. The van der Waals surface area contributed by atoms with E-state index in [4.69, 9.17) is 0 Å². The fraction of sp³-hybridized carbons (Fsp3) is 0.625. The molecule has 0 bridgehead atoms. The molecule has 0 amide bonds. The van der Waals surface area contributed by atoms with Gasteiger partial charge in [-0.3, -0.25) is 0 Å². The molecule has 1 atom stereocenters. The summed E-state index contributed by atoms with van der Waals surface area (Å²) in [6, 6.07) is 4.16. The van der Waals surface area contributed by atoms with E-state index in [0.29, 0.717) is 12.8 Å². The van der Waals surface area contributed by atoms with Crippen LogP contribution in [0.25, 0.3) is 0 Å². The Labute approximate surface area is 178 Å². The molecule has 0 spiro atoms. The van der Waals surface area contributed by atoms with E-state index in [-0.39, 0.29) is 24.7 Å². The molecule has 0 unspecified atom stereocenters. The third-order valence-corrected chi connectivity index (χ3v) is 5.89. The topological polar surface area (TPSA) is 50.7 Å².